The maximum Gasteiger partial charge on any atom is 0.230 e. The Kier molecular flexibility index (Phi) is 7.05. The number of nitrogens with one attached hydrogen (secondary N) is 1. The molecule has 1 aliphatic rings. The Labute approximate surface area is 162 Å². The van der Waals surface area contributed by atoms with Gasteiger partial charge in [-0.05, 0) is 24.3 Å². The molecule has 9 heteroatoms. The maximum absolute atomic E-state index is 13.0. The van der Waals surface area contributed by atoms with E-state index < -0.39 is 0 Å². The second-order valence-electron chi connectivity index (χ2n) is 6.38. The van der Waals surface area contributed by atoms with Gasteiger partial charge in [-0.1, -0.05) is 5.16 Å². The number of amides is 1. The molecule has 27 heavy (non-hydrogen) atoms. The lowest BCUT2D eigenvalue weighted by atomic mass is 10.2. The first-order chi connectivity index (χ1) is 13.1. The van der Waals surface area contributed by atoms with E-state index in [4.69, 9.17) is 4.52 Å². The molecule has 1 aromatic heterocycles. The zero-order chi connectivity index (χ0) is 19.1. The highest BCUT2D eigenvalue weighted by atomic mass is 32.2. The SMILES string of the molecule is Cc1nc(CSCC(=O)NCCN2CCN(c3ccc(F)cc3)CC2)no1. The second-order valence-corrected chi connectivity index (χ2v) is 7.36. The Morgan fingerprint density at radius 1 is 1.26 bits per heavy atom. The van der Waals surface area contributed by atoms with Gasteiger partial charge in [-0.15, -0.1) is 11.8 Å². The van der Waals surface area contributed by atoms with E-state index in [1.807, 2.05) is 12.1 Å². The van der Waals surface area contributed by atoms with Crippen molar-refractivity contribution in [2.24, 2.45) is 0 Å². The van der Waals surface area contributed by atoms with Gasteiger partial charge in [0.25, 0.3) is 0 Å². The summed E-state index contributed by atoms with van der Waals surface area (Å²) >= 11 is 1.47. The number of aromatic nitrogens is 2. The number of nitrogens with zero attached hydrogens (tertiary/aromatic N) is 4. The fourth-order valence-corrected chi connectivity index (χ4v) is 3.61. The van der Waals surface area contributed by atoms with Crippen LogP contribution in [0.3, 0.4) is 0 Å². The van der Waals surface area contributed by atoms with Crippen molar-refractivity contribution < 1.29 is 13.7 Å². The van der Waals surface area contributed by atoms with Crippen LogP contribution in [0.2, 0.25) is 0 Å². The second kappa shape index (κ2) is 9.70. The molecule has 1 fully saturated rings. The number of carbonyl (C=O) groups excluding carboxylic acids is 1. The molecule has 2 heterocycles. The molecule has 1 saturated heterocycles. The van der Waals surface area contributed by atoms with E-state index in [0.717, 1.165) is 38.4 Å². The van der Waals surface area contributed by atoms with Crippen LogP contribution < -0.4 is 10.2 Å². The Balaban J connectivity index is 1.27. The van der Waals surface area contributed by atoms with E-state index in [1.165, 1.54) is 23.9 Å². The van der Waals surface area contributed by atoms with Gasteiger partial charge in [0.15, 0.2) is 5.82 Å². The molecule has 0 aliphatic carbocycles. The number of hydrogen-bond donors (Lipinski definition) is 1. The van der Waals surface area contributed by atoms with Crippen LogP contribution in [0.1, 0.15) is 11.7 Å². The molecule has 7 nitrogen and oxygen atoms in total. The van der Waals surface area contributed by atoms with Gasteiger partial charge in [-0.3, -0.25) is 9.69 Å². The van der Waals surface area contributed by atoms with Crippen LogP contribution in [0.15, 0.2) is 28.8 Å². The predicted octanol–water partition coefficient (Wildman–Crippen LogP) is 1.69. The zero-order valence-corrected chi connectivity index (χ0v) is 16.2. The molecule has 1 N–H and O–H groups in total. The summed E-state index contributed by atoms with van der Waals surface area (Å²) in [7, 11) is 0. The average molecular weight is 393 g/mol. The van der Waals surface area contributed by atoms with Crippen molar-refractivity contribution in [2.45, 2.75) is 12.7 Å². The summed E-state index contributed by atoms with van der Waals surface area (Å²) in [5.41, 5.74) is 1.05. The lowest BCUT2D eigenvalue weighted by Crippen LogP contribution is -2.48. The molecule has 0 atom stereocenters. The van der Waals surface area contributed by atoms with Crippen LogP contribution in [0.25, 0.3) is 0 Å². The normalized spacial score (nSPS) is 15.1. The maximum atomic E-state index is 13.0. The largest absolute Gasteiger partial charge is 0.369 e. The third-order valence-electron chi connectivity index (χ3n) is 4.35. The molecule has 1 aromatic carbocycles. The van der Waals surface area contributed by atoms with Crippen LogP contribution in [-0.4, -0.2) is 66.0 Å². The van der Waals surface area contributed by atoms with E-state index in [9.17, 15) is 9.18 Å². The summed E-state index contributed by atoms with van der Waals surface area (Å²) in [5.74, 6) is 1.91. The number of piperazine rings is 1. The number of carbonyl (C=O) groups is 1. The lowest BCUT2D eigenvalue weighted by Gasteiger charge is -2.36. The van der Waals surface area contributed by atoms with E-state index in [1.54, 1.807) is 6.92 Å². The minimum absolute atomic E-state index is 0.0187. The minimum Gasteiger partial charge on any atom is -0.369 e. The van der Waals surface area contributed by atoms with E-state index >= 15 is 0 Å². The number of thioether (sulfide) groups is 1. The van der Waals surface area contributed by atoms with E-state index in [0.29, 0.717) is 29.8 Å². The van der Waals surface area contributed by atoms with Gasteiger partial charge >= 0.3 is 0 Å². The summed E-state index contributed by atoms with van der Waals surface area (Å²) in [6, 6.07) is 6.63. The Morgan fingerprint density at radius 3 is 2.67 bits per heavy atom. The highest BCUT2D eigenvalue weighted by Gasteiger charge is 2.17. The van der Waals surface area contributed by atoms with Crippen molar-refractivity contribution in [3.8, 4) is 0 Å². The first-order valence-electron chi connectivity index (χ1n) is 8.96. The topological polar surface area (TPSA) is 74.5 Å². The van der Waals surface area contributed by atoms with Crippen molar-refractivity contribution in [1.82, 2.24) is 20.4 Å². The van der Waals surface area contributed by atoms with Crippen LogP contribution in [0.4, 0.5) is 10.1 Å². The van der Waals surface area contributed by atoms with Crippen LogP contribution in [0.5, 0.6) is 0 Å². The summed E-state index contributed by atoms with van der Waals surface area (Å²) in [5, 5.41) is 6.75. The fraction of sp³-hybridized carbons (Fsp3) is 0.500. The first kappa shape index (κ1) is 19.6. The van der Waals surface area contributed by atoms with Gasteiger partial charge in [0.05, 0.1) is 11.5 Å². The lowest BCUT2D eigenvalue weighted by molar-refractivity contribution is -0.118. The molecular formula is C18H24FN5O2S. The van der Waals surface area contributed by atoms with Gasteiger partial charge in [-0.2, -0.15) is 4.98 Å². The number of hydrogen-bond acceptors (Lipinski definition) is 7. The number of rotatable bonds is 8. The molecule has 2 aromatic rings. The summed E-state index contributed by atoms with van der Waals surface area (Å²) in [6.45, 7) is 6.87. The van der Waals surface area contributed by atoms with Crippen molar-refractivity contribution in [1.29, 1.82) is 0 Å². The number of anilines is 1. The third-order valence-corrected chi connectivity index (χ3v) is 5.28. The minimum atomic E-state index is -0.210. The highest BCUT2D eigenvalue weighted by Crippen LogP contribution is 2.16. The van der Waals surface area contributed by atoms with Crippen LogP contribution in [-0.2, 0) is 10.5 Å². The van der Waals surface area contributed by atoms with Crippen molar-refractivity contribution in [3.63, 3.8) is 0 Å². The zero-order valence-electron chi connectivity index (χ0n) is 15.4. The molecule has 0 radical (unpaired) electrons. The molecule has 3 rings (SSSR count). The molecule has 0 bridgehead atoms. The first-order valence-corrected chi connectivity index (χ1v) is 10.1. The molecule has 0 unspecified atom stereocenters. The van der Waals surface area contributed by atoms with Crippen molar-refractivity contribution >= 4 is 23.4 Å². The molecule has 0 saturated carbocycles. The standard InChI is InChI=1S/C18H24FN5O2S/c1-14-21-17(22-26-14)12-27-13-18(25)20-6-7-23-8-10-24(11-9-23)16-4-2-15(19)3-5-16/h2-5H,6-13H2,1H3,(H,20,25). The molecule has 0 spiro atoms. The summed E-state index contributed by atoms with van der Waals surface area (Å²) in [4.78, 5) is 20.6. The predicted molar refractivity (Wildman–Crippen MR) is 103 cm³/mol. The quantitative estimate of drug-likeness (QED) is 0.731. The Hall–Kier alpha value is -2.13. The number of aryl methyl sites for hydroxylation is 1. The van der Waals surface area contributed by atoms with Crippen LogP contribution in [0, 0.1) is 12.7 Å². The van der Waals surface area contributed by atoms with Crippen molar-refractivity contribution in [2.75, 3.05) is 49.9 Å². The molecule has 146 valence electrons. The Morgan fingerprint density at radius 2 is 2.00 bits per heavy atom. The monoisotopic (exact) mass is 393 g/mol. The number of halogens is 1. The molecular weight excluding hydrogens is 369 g/mol. The van der Waals surface area contributed by atoms with Gasteiger partial charge in [0.1, 0.15) is 5.82 Å². The Bertz CT molecular complexity index is 732. The van der Waals surface area contributed by atoms with Crippen molar-refractivity contribution in [3.05, 3.63) is 41.8 Å². The fourth-order valence-electron chi connectivity index (χ4n) is 2.92. The third kappa shape index (κ3) is 6.21. The number of benzene rings is 1. The van der Waals surface area contributed by atoms with E-state index in [-0.39, 0.29) is 11.7 Å². The van der Waals surface area contributed by atoms with Gasteiger partial charge in [0, 0.05) is 51.9 Å². The highest BCUT2D eigenvalue weighted by molar-refractivity contribution is 7.99. The molecule has 1 amide bonds. The summed E-state index contributed by atoms with van der Waals surface area (Å²) < 4.78 is 17.9. The molecule has 1 aliphatic heterocycles. The van der Waals surface area contributed by atoms with Crippen LogP contribution >= 0.6 is 11.8 Å². The average Bonchev–Trinajstić information content (AvgIpc) is 3.08. The van der Waals surface area contributed by atoms with Gasteiger partial charge in [-0.25, -0.2) is 4.39 Å². The smallest absolute Gasteiger partial charge is 0.230 e. The summed E-state index contributed by atoms with van der Waals surface area (Å²) in [6.07, 6.45) is 0. The van der Waals surface area contributed by atoms with E-state index in [2.05, 4.69) is 25.3 Å². The van der Waals surface area contributed by atoms with Gasteiger partial charge in [0.2, 0.25) is 11.8 Å². The van der Waals surface area contributed by atoms with Gasteiger partial charge < -0.3 is 14.7 Å².